The molecule has 2 aliphatic rings. The molecule has 0 spiro atoms. The van der Waals surface area contributed by atoms with Crippen LogP contribution in [-0.2, 0) is 21.2 Å². The number of carbonyl (C=O) groups is 1. The fraction of sp³-hybridized carbons (Fsp3) is 0.600. The number of guanidine groups is 1. The number of primary sulfonamides is 1. The Morgan fingerprint density at radius 1 is 1.21 bits per heavy atom. The maximum atomic E-state index is 12.6. The number of rotatable bonds is 6. The van der Waals surface area contributed by atoms with E-state index < -0.39 is 10.0 Å². The van der Waals surface area contributed by atoms with Crippen LogP contribution in [0.2, 0.25) is 0 Å². The lowest BCUT2D eigenvalue weighted by Gasteiger charge is -2.21. The maximum Gasteiger partial charge on any atom is 0.238 e. The molecule has 8 nitrogen and oxygen atoms in total. The van der Waals surface area contributed by atoms with Gasteiger partial charge < -0.3 is 15.5 Å². The molecule has 1 unspecified atom stereocenters. The van der Waals surface area contributed by atoms with E-state index in [1.165, 1.54) is 25.0 Å². The molecular formula is C20H31N5O3S. The van der Waals surface area contributed by atoms with Crippen molar-refractivity contribution in [2.45, 2.75) is 49.5 Å². The molecule has 1 aliphatic carbocycles. The van der Waals surface area contributed by atoms with Crippen LogP contribution in [0.3, 0.4) is 0 Å². The summed E-state index contributed by atoms with van der Waals surface area (Å²) in [6, 6.07) is 6.78. The highest BCUT2D eigenvalue weighted by atomic mass is 32.2. The predicted octanol–water partition coefficient (Wildman–Crippen LogP) is 0.833. The minimum Gasteiger partial charge on any atom is -0.356 e. The van der Waals surface area contributed by atoms with E-state index in [1.807, 2.05) is 4.90 Å². The van der Waals surface area contributed by atoms with Crippen molar-refractivity contribution in [1.29, 1.82) is 0 Å². The Morgan fingerprint density at radius 2 is 1.90 bits per heavy atom. The average molecular weight is 422 g/mol. The van der Waals surface area contributed by atoms with Crippen LogP contribution < -0.4 is 15.8 Å². The molecular weight excluding hydrogens is 390 g/mol. The number of hydrogen-bond acceptors (Lipinski definition) is 4. The van der Waals surface area contributed by atoms with Gasteiger partial charge in [-0.25, -0.2) is 13.6 Å². The first-order valence-electron chi connectivity index (χ1n) is 10.2. The van der Waals surface area contributed by atoms with E-state index in [9.17, 15) is 13.2 Å². The Balaban J connectivity index is 1.42. The van der Waals surface area contributed by atoms with E-state index in [4.69, 9.17) is 5.14 Å². The van der Waals surface area contributed by atoms with Gasteiger partial charge in [-0.2, -0.15) is 0 Å². The summed E-state index contributed by atoms with van der Waals surface area (Å²) in [6.07, 6.45) is 6.07. The number of sulfonamides is 1. The highest BCUT2D eigenvalue weighted by Gasteiger charge is 2.32. The second-order valence-electron chi connectivity index (χ2n) is 7.83. The number of hydrogen-bond donors (Lipinski definition) is 3. The summed E-state index contributed by atoms with van der Waals surface area (Å²) in [7, 11) is -1.93. The third-order valence-electron chi connectivity index (χ3n) is 5.73. The van der Waals surface area contributed by atoms with Crippen LogP contribution in [0.1, 0.15) is 37.7 Å². The second kappa shape index (κ2) is 9.58. The minimum atomic E-state index is -3.66. The number of benzene rings is 1. The highest BCUT2D eigenvalue weighted by Crippen LogP contribution is 2.27. The lowest BCUT2D eigenvalue weighted by Crippen LogP contribution is -2.45. The zero-order chi connectivity index (χ0) is 20.9. The molecule has 0 radical (unpaired) electrons. The van der Waals surface area contributed by atoms with Gasteiger partial charge >= 0.3 is 0 Å². The molecule has 1 heterocycles. The van der Waals surface area contributed by atoms with Crippen LogP contribution in [0.25, 0.3) is 0 Å². The number of nitrogens with two attached hydrogens (primary N) is 1. The molecule has 1 aromatic rings. The lowest BCUT2D eigenvalue weighted by atomic mass is 10.1. The average Bonchev–Trinajstić information content (AvgIpc) is 3.38. The fourth-order valence-corrected chi connectivity index (χ4v) is 4.58. The van der Waals surface area contributed by atoms with Gasteiger partial charge in [0.2, 0.25) is 15.9 Å². The zero-order valence-electron chi connectivity index (χ0n) is 16.9. The van der Waals surface area contributed by atoms with Crippen molar-refractivity contribution in [1.82, 2.24) is 15.5 Å². The molecule has 1 aliphatic heterocycles. The Bertz CT molecular complexity index is 832. The van der Waals surface area contributed by atoms with E-state index in [2.05, 4.69) is 15.6 Å². The Kier molecular flexibility index (Phi) is 7.13. The van der Waals surface area contributed by atoms with Gasteiger partial charge in [0, 0.05) is 38.6 Å². The summed E-state index contributed by atoms with van der Waals surface area (Å²) in [6.45, 7) is 2.19. The number of likely N-dealkylation sites (tertiary alicyclic amines) is 1. The summed E-state index contributed by atoms with van der Waals surface area (Å²) in [5.41, 5.74) is 1.01. The summed E-state index contributed by atoms with van der Waals surface area (Å²) < 4.78 is 22.6. The van der Waals surface area contributed by atoms with Crippen LogP contribution in [0.4, 0.5) is 0 Å². The third-order valence-corrected chi connectivity index (χ3v) is 6.66. The molecule has 0 aromatic heterocycles. The Hall–Kier alpha value is -2.13. The number of nitrogens with zero attached hydrogens (tertiary/aromatic N) is 2. The van der Waals surface area contributed by atoms with Gasteiger partial charge in [-0.15, -0.1) is 0 Å². The summed E-state index contributed by atoms with van der Waals surface area (Å²) in [5, 5.41) is 11.8. The van der Waals surface area contributed by atoms with Crippen molar-refractivity contribution in [2.75, 3.05) is 26.7 Å². The number of aliphatic imine (C=N–C) groups is 1. The summed E-state index contributed by atoms with van der Waals surface area (Å²) >= 11 is 0. The van der Waals surface area contributed by atoms with Gasteiger partial charge in [0.15, 0.2) is 5.96 Å². The molecule has 160 valence electrons. The first-order valence-corrected chi connectivity index (χ1v) is 11.8. The van der Waals surface area contributed by atoms with Crippen molar-refractivity contribution in [3.63, 3.8) is 0 Å². The molecule has 4 N–H and O–H groups in total. The van der Waals surface area contributed by atoms with Crippen molar-refractivity contribution in [3.05, 3.63) is 29.8 Å². The van der Waals surface area contributed by atoms with Crippen LogP contribution in [0.15, 0.2) is 34.2 Å². The topological polar surface area (TPSA) is 117 Å². The molecule has 9 heteroatoms. The zero-order valence-corrected chi connectivity index (χ0v) is 17.7. The van der Waals surface area contributed by atoms with Gasteiger partial charge in [-0.3, -0.25) is 9.79 Å². The van der Waals surface area contributed by atoms with Gasteiger partial charge in [-0.05, 0) is 43.4 Å². The van der Waals surface area contributed by atoms with Crippen LogP contribution >= 0.6 is 0 Å². The smallest absolute Gasteiger partial charge is 0.238 e. The van der Waals surface area contributed by atoms with E-state index in [0.717, 1.165) is 44.3 Å². The molecule has 1 atom stereocenters. The van der Waals surface area contributed by atoms with Gasteiger partial charge in [0.05, 0.1) is 4.90 Å². The molecule has 0 bridgehead atoms. The van der Waals surface area contributed by atoms with Crippen LogP contribution in [0, 0.1) is 5.92 Å². The van der Waals surface area contributed by atoms with Crippen LogP contribution in [0.5, 0.6) is 0 Å². The van der Waals surface area contributed by atoms with Gasteiger partial charge in [-0.1, -0.05) is 25.0 Å². The fourth-order valence-electron chi connectivity index (χ4n) is 4.07. The highest BCUT2D eigenvalue weighted by molar-refractivity contribution is 7.89. The SMILES string of the molecule is CN=C(NCCc1ccc(S(N)(=O)=O)cc1)NC1CCN(C(=O)C2CCCC2)C1. The first kappa shape index (κ1) is 21.6. The Morgan fingerprint density at radius 3 is 2.52 bits per heavy atom. The number of amides is 1. The first-order chi connectivity index (χ1) is 13.9. The van der Waals surface area contributed by atoms with E-state index in [-0.39, 0.29) is 16.9 Å². The molecule has 1 amide bonds. The second-order valence-corrected chi connectivity index (χ2v) is 9.39. The minimum absolute atomic E-state index is 0.115. The van der Waals surface area contributed by atoms with Crippen molar-refractivity contribution < 1.29 is 13.2 Å². The van der Waals surface area contributed by atoms with Crippen molar-refractivity contribution in [3.8, 4) is 0 Å². The van der Waals surface area contributed by atoms with E-state index >= 15 is 0 Å². The van der Waals surface area contributed by atoms with Crippen molar-refractivity contribution in [2.24, 2.45) is 16.0 Å². The number of carbonyl (C=O) groups excluding carboxylic acids is 1. The van der Waals surface area contributed by atoms with E-state index in [1.54, 1.807) is 19.2 Å². The maximum absolute atomic E-state index is 12.6. The largest absolute Gasteiger partial charge is 0.356 e. The molecule has 1 aromatic carbocycles. The number of nitrogens with one attached hydrogen (secondary N) is 2. The van der Waals surface area contributed by atoms with Crippen LogP contribution in [-0.4, -0.2) is 57.9 Å². The normalized spacial score (nSPS) is 20.8. The quantitative estimate of drug-likeness (QED) is 0.465. The molecule has 29 heavy (non-hydrogen) atoms. The predicted molar refractivity (Wildman–Crippen MR) is 113 cm³/mol. The van der Waals surface area contributed by atoms with E-state index in [0.29, 0.717) is 18.4 Å². The Labute approximate surface area is 173 Å². The third kappa shape index (κ3) is 5.93. The summed E-state index contributed by atoms with van der Waals surface area (Å²) in [5.74, 6) is 1.26. The standard InChI is InChI=1S/C20H31N5O3S/c1-22-20(23-12-10-15-6-8-18(9-7-15)29(21,27)28)24-17-11-13-25(14-17)19(26)16-4-2-3-5-16/h6-9,16-17H,2-5,10-14H2,1H3,(H2,21,27,28)(H2,22,23,24). The van der Waals surface area contributed by atoms with Crippen molar-refractivity contribution >= 4 is 21.9 Å². The van der Waals surface area contributed by atoms with Gasteiger partial charge in [0.25, 0.3) is 0 Å². The lowest BCUT2D eigenvalue weighted by molar-refractivity contribution is -0.134. The molecule has 2 fully saturated rings. The summed E-state index contributed by atoms with van der Waals surface area (Å²) in [4.78, 5) is 19.0. The molecule has 3 rings (SSSR count). The monoisotopic (exact) mass is 421 g/mol. The van der Waals surface area contributed by atoms with Gasteiger partial charge in [0.1, 0.15) is 0 Å². The molecule has 1 saturated carbocycles. The molecule has 1 saturated heterocycles.